The first-order chi connectivity index (χ1) is 21.9. The lowest BCUT2D eigenvalue weighted by Crippen LogP contribution is -2.46. The molecule has 1 aliphatic rings. The van der Waals surface area contributed by atoms with E-state index in [1.807, 2.05) is 43.3 Å². The molecule has 0 spiro atoms. The first-order valence-electron chi connectivity index (χ1n) is 15.0. The molecule has 11 nitrogen and oxygen atoms in total. The normalized spacial score (nSPS) is 20.1. The summed E-state index contributed by atoms with van der Waals surface area (Å²) in [6.07, 6.45) is 2.33. The van der Waals surface area contributed by atoms with Gasteiger partial charge in [0.05, 0.1) is 20.3 Å². The zero-order valence-electron chi connectivity index (χ0n) is 25.8. The van der Waals surface area contributed by atoms with Gasteiger partial charge in [-0.05, 0) is 43.7 Å². The van der Waals surface area contributed by atoms with Crippen molar-refractivity contribution < 1.29 is 42.8 Å². The number of ether oxygens (including phenoxy) is 6. The molecule has 4 atom stereocenters. The van der Waals surface area contributed by atoms with Crippen molar-refractivity contribution in [3.63, 3.8) is 0 Å². The van der Waals surface area contributed by atoms with Crippen LogP contribution >= 0.6 is 0 Å². The minimum absolute atomic E-state index is 0.0374. The second kappa shape index (κ2) is 17.1. The van der Waals surface area contributed by atoms with Gasteiger partial charge in [0.15, 0.2) is 23.2 Å². The molecule has 0 saturated carbocycles. The molecule has 45 heavy (non-hydrogen) atoms. The van der Waals surface area contributed by atoms with Crippen LogP contribution in [-0.2, 0) is 41.4 Å². The van der Waals surface area contributed by atoms with Crippen LogP contribution in [-0.4, -0.2) is 75.3 Å². The molecule has 2 heterocycles. The Bertz CT molecular complexity index is 1390. The van der Waals surface area contributed by atoms with Gasteiger partial charge in [-0.15, -0.1) is 0 Å². The molecule has 1 aromatic heterocycles. The highest BCUT2D eigenvalue weighted by Crippen LogP contribution is 2.31. The molecule has 11 heteroatoms. The van der Waals surface area contributed by atoms with Crippen molar-refractivity contribution in [1.82, 2.24) is 10.3 Å². The van der Waals surface area contributed by atoms with Gasteiger partial charge in [0, 0.05) is 24.8 Å². The number of hydrogen-bond donors (Lipinski definition) is 1. The zero-order chi connectivity index (χ0) is 32.0. The van der Waals surface area contributed by atoms with Crippen LogP contribution in [0.5, 0.6) is 11.5 Å². The molecule has 240 valence electrons. The molecule has 0 aliphatic carbocycles. The van der Waals surface area contributed by atoms with E-state index >= 15 is 0 Å². The van der Waals surface area contributed by atoms with Crippen molar-refractivity contribution in [2.24, 2.45) is 11.8 Å². The Morgan fingerprint density at radius 3 is 2.33 bits per heavy atom. The molecular weight excluding hydrogens is 580 g/mol. The fourth-order valence-electron chi connectivity index (χ4n) is 5.21. The summed E-state index contributed by atoms with van der Waals surface area (Å²) < 4.78 is 33.0. The summed E-state index contributed by atoms with van der Waals surface area (Å²) in [7, 11) is 1.40. The van der Waals surface area contributed by atoms with Gasteiger partial charge in [-0.25, -0.2) is 14.6 Å². The molecule has 3 aromatic rings. The fraction of sp³-hybridized carbons (Fsp3) is 0.412. The van der Waals surface area contributed by atoms with E-state index in [1.54, 1.807) is 6.92 Å². The van der Waals surface area contributed by atoms with E-state index < -0.39 is 36.8 Å². The third-order valence-electron chi connectivity index (χ3n) is 7.52. The van der Waals surface area contributed by atoms with Crippen LogP contribution in [0, 0.1) is 11.8 Å². The Morgan fingerprint density at radius 1 is 0.978 bits per heavy atom. The van der Waals surface area contributed by atoms with E-state index in [0.717, 1.165) is 17.5 Å². The van der Waals surface area contributed by atoms with Crippen LogP contribution in [0.4, 0.5) is 0 Å². The number of amides is 1. The van der Waals surface area contributed by atoms with Crippen molar-refractivity contribution in [3.8, 4) is 11.5 Å². The number of pyridine rings is 1. The van der Waals surface area contributed by atoms with E-state index in [2.05, 4.69) is 34.6 Å². The number of nitrogens with one attached hydrogen (secondary N) is 1. The summed E-state index contributed by atoms with van der Waals surface area (Å²) in [6.45, 7) is 3.50. The van der Waals surface area contributed by atoms with Gasteiger partial charge < -0.3 is 33.7 Å². The Labute approximate surface area is 263 Å². The highest BCUT2D eigenvalue weighted by Gasteiger charge is 2.35. The number of cyclic esters (lactones) is 1. The summed E-state index contributed by atoms with van der Waals surface area (Å²) in [5.41, 5.74) is 2.12. The standard InChI is InChI=1S/C34H40N2O9/c1-4-41-21-30(37)43-22-44-32-29(40-3)15-16-35-31(32)33(38)36-28-20-42-19-26(17-24-11-7-5-8-12-24)27(23(2)45-34(28)39)18-25-13-9-6-10-14-25/h5-16,23,26-28H,4,17-22H2,1-3H3,(H,36,38)/t23-,26-,27-,28-/m0/s1. The third kappa shape index (κ3) is 9.75. The smallest absolute Gasteiger partial charge is 0.334 e. The Hall–Kier alpha value is -4.48. The second-order valence-corrected chi connectivity index (χ2v) is 10.6. The monoisotopic (exact) mass is 620 g/mol. The van der Waals surface area contributed by atoms with Gasteiger partial charge in [-0.2, -0.15) is 0 Å². The fourth-order valence-corrected chi connectivity index (χ4v) is 5.21. The van der Waals surface area contributed by atoms with Crippen molar-refractivity contribution in [3.05, 3.63) is 89.7 Å². The predicted molar refractivity (Wildman–Crippen MR) is 164 cm³/mol. The number of hydrogen-bond acceptors (Lipinski definition) is 10. The highest BCUT2D eigenvalue weighted by atomic mass is 16.7. The summed E-state index contributed by atoms with van der Waals surface area (Å²) in [5.74, 6) is -1.86. The lowest BCUT2D eigenvalue weighted by molar-refractivity contribution is -0.155. The average molecular weight is 621 g/mol. The number of nitrogens with zero attached hydrogens (tertiary/aromatic N) is 1. The maximum atomic E-state index is 13.5. The van der Waals surface area contributed by atoms with E-state index in [0.29, 0.717) is 19.6 Å². The highest BCUT2D eigenvalue weighted by molar-refractivity contribution is 5.98. The molecule has 1 N–H and O–H groups in total. The van der Waals surface area contributed by atoms with Crippen LogP contribution < -0.4 is 14.8 Å². The topological polar surface area (TPSA) is 132 Å². The molecule has 0 bridgehead atoms. The van der Waals surface area contributed by atoms with Gasteiger partial charge >= 0.3 is 11.9 Å². The van der Waals surface area contributed by atoms with E-state index in [9.17, 15) is 14.4 Å². The SMILES string of the molecule is CCOCC(=O)OCOc1c(OC)ccnc1C(=O)N[C@H]1COC[C@H](Cc2ccccc2)[C@@H](Cc2ccccc2)[C@H](C)OC1=O. The molecule has 1 aliphatic heterocycles. The zero-order valence-corrected chi connectivity index (χ0v) is 25.8. The van der Waals surface area contributed by atoms with Crippen LogP contribution in [0.1, 0.15) is 35.5 Å². The quantitative estimate of drug-likeness (QED) is 0.222. The van der Waals surface area contributed by atoms with E-state index in [1.165, 1.54) is 19.4 Å². The maximum Gasteiger partial charge on any atom is 0.334 e. The van der Waals surface area contributed by atoms with Gasteiger partial charge in [0.1, 0.15) is 12.7 Å². The summed E-state index contributed by atoms with van der Waals surface area (Å²) in [5, 5.41) is 2.68. The lowest BCUT2D eigenvalue weighted by atomic mass is 9.80. The minimum atomic E-state index is -1.11. The number of esters is 2. The number of benzene rings is 2. The number of aromatic nitrogens is 1. The Balaban J connectivity index is 1.50. The predicted octanol–water partition coefficient (Wildman–Crippen LogP) is 3.78. The lowest BCUT2D eigenvalue weighted by Gasteiger charge is -2.31. The Morgan fingerprint density at radius 2 is 1.67 bits per heavy atom. The van der Waals surface area contributed by atoms with Gasteiger partial charge in [0.2, 0.25) is 6.79 Å². The van der Waals surface area contributed by atoms with Crippen molar-refractivity contribution >= 4 is 17.8 Å². The second-order valence-electron chi connectivity index (χ2n) is 10.6. The number of carbonyl (C=O) groups excluding carboxylic acids is 3. The number of carbonyl (C=O) groups is 3. The molecule has 0 radical (unpaired) electrons. The van der Waals surface area contributed by atoms with Gasteiger partial charge in [0.25, 0.3) is 5.91 Å². The van der Waals surface area contributed by atoms with E-state index in [4.69, 9.17) is 28.4 Å². The maximum absolute atomic E-state index is 13.5. The summed E-state index contributed by atoms with van der Waals surface area (Å²) >= 11 is 0. The first-order valence-corrected chi connectivity index (χ1v) is 15.0. The Kier molecular flexibility index (Phi) is 12.7. The molecular formula is C34H40N2O9. The first kappa shape index (κ1) is 33.4. The molecule has 0 unspecified atom stereocenters. The minimum Gasteiger partial charge on any atom is -0.493 e. The van der Waals surface area contributed by atoms with E-state index in [-0.39, 0.29) is 42.2 Å². The average Bonchev–Trinajstić information content (AvgIpc) is 3.10. The van der Waals surface area contributed by atoms with Crippen LogP contribution in [0.15, 0.2) is 72.9 Å². The summed E-state index contributed by atoms with van der Waals surface area (Å²) in [6, 6.07) is 20.6. The molecule has 2 aromatic carbocycles. The molecule has 1 fully saturated rings. The molecule has 1 amide bonds. The van der Waals surface area contributed by atoms with Crippen LogP contribution in [0.25, 0.3) is 0 Å². The van der Waals surface area contributed by atoms with Crippen molar-refractivity contribution in [1.29, 1.82) is 0 Å². The number of rotatable bonds is 13. The van der Waals surface area contributed by atoms with Crippen LogP contribution in [0.2, 0.25) is 0 Å². The van der Waals surface area contributed by atoms with Gasteiger partial charge in [-0.3, -0.25) is 4.79 Å². The van der Waals surface area contributed by atoms with Crippen molar-refractivity contribution in [2.45, 2.75) is 38.8 Å². The largest absolute Gasteiger partial charge is 0.493 e. The van der Waals surface area contributed by atoms with Gasteiger partial charge in [-0.1, -0.05) is 60.7 Å². The number of methoxy groups -OCH3 is 1. The molecule has 1 saturated heterocycles. The van der Waals surface area contributed by atoms with Crippen molar-refractivity contribution in [2.75, 3.05) is 40.3 Å². The molecule has 4 rings (SSSR count). The third-order valence-corrected chi connectivity index (χ3v) is 7.52. The van der Waals surface area contributed by atoms with Crippen LogP contribution in [0.3, 0.4) is 0 Å². The summed E-state index contributed by atoms with van der Waals surface area (Å²) in [4.78, 5) is 42.9.